The third-order valence-electron chi connectivity index (χ3n) is 4.12. The van der Waals surface area contributed by atoms with E-state index in [1.165, 1.54) is 0 Å². The Labute approximate surface area is 99.3 Å². The number of rotatable bonds is 5. The molecule has 0 aliphatic heterocycles. The van der Waals surface area contributed by atoms with Gasteiger partial charge < -0.3 is 5.73 Å². The van der Waals surface area contributed by atoms with Crippen LogP contribution < -0.4 is 5.73 Å². The minimum atomic E-state index is -0.232. The van der Waals surface area contributed by atoms with Crippen molar-refractivity contribution in [3.8, 4) is 0 Å². The third-order valence-corrected chi connectivity index (χ3v) is 4.12. The van der Waals surface area contributed by atoms with Crippen molar-refractivity contribution in [3.63, 3.8) is 0 Å². The number of hydrogen-bond donors (Lipinski definition) is 1. The van der Waals surface area contributed by atoms with Crippen LogP contribution in [-0.4, -0.2) is 12.3 Å². The molecule has 0 spiro atoms. The Hall–Kier alpha value is -0.630. The van der Waals surface area contributed by atoms with Crippen LogP contribution in [0, 0.1) is 11.3 Å². The first-order valence-electron chi connectivity index (χ1n) is 6.44. The summed E-state index contributed by atoms with van der Waals surface area (Å²) in [4.78, 5) is 12.3. The van der Waals surface area contributed by atoms with Crippen LogP contribution in [0.15, 0.2) is 12.2 Å². The highest BCUT2D eigenvalue weighted by Crippen LogP contribution is 2.40. The number of carbonyl (C=O) groups is 1. The van der Waals surface area contributed by atoms with E-state index in [9.17, 15) is 4.79 Å². The summed E-state index contributed by atoms with van der Waals surface area (Å²) < 4.78 is 0. The van der Waals surface area contributed by atoms with Crippen molar-refractivity contribution in [1.29, 1.82) is 0 Å². The van der Waals surface area contributed by atoms with Gasteiger partial charge in [0.1, 0.15) is 5.78 Å². The first-order chi connectivity index (χ1) is 7.54. The second-order valence-corrected chi connectivity index (χ2v) is 5.37. The molecule has 1 saturated carbocycles. The van der Waals surface area contributed by atoms with Crippen molar-refractivity contribution in [2.45, 2.75) is 52.4 Å². The molecule has 2 heteroatoms. The lowest BCUT2D eigenvalue weighted by Gasteiger charge is -2.37. The van der Waals surface area contributed by atoms with Gasteiger partial charge in [-0.05, 0) is 38.0 Å². The standard InChI is InChI=1S/C14H25NO/c1-4-11(2)9-13(16)14(10-15)7-5-12(3)6-8-14/h12H,2,4-10,15H2,1,3H3. The minimum Gasteiger partial charge on any atom is -0.329 e. The lowest BCUT2D eigenvalue weighted by molar-refractivity contribution is -0.129. The van der Waals surface area contributed by atoms with E-state index in [0.29, 0.717) is 18.7 Å². The van der Waals surface area contributed by atoms with E-state index >= 15 is 0 Å². The number of carbonyl (C=O) groups excluding carboxylic acids is 1. The Morgan fingerprint density at radius 2 is 2.00 bits per heavy atom. The van der Waals surface area contributed by atoms with Crippen LogP contribution in [-0.2, 0) is 4.79 Å². The lowest BCUT2D eigenvalue weighted by Crippen LogP contribution is -2.41. The molecule has 0 unspecified atom stereocenters. The van der Waals surface area contributed by atoms with Crippen molar-refractivity contribution < 1.29 is 4.79 Å². The summed E-state index contributed by atoms with van der Waals surface area (Å²) in [5.74, 6) is 1.08. The van der Waals surface area contributed by atoms with E-state index in [4.69, 9.17) is 5.73 Å². The molecule has 16 heavy (non-hydrogen) atoms. The number of nitrogens with two attached hydrogens (primary N) is 1. The first-order valence-corrected chi connectivity index (χ1v) is 6.44. The van der Waals surface area contributed by atoms with Crippen molar-refractivity contribution in [2.75, 3.05) is 6.54 Å². The highest BCUT2D eigenvalue weighted by molar-refractivity contribution is 5.87. The van der Waals surface area contributed by atoms with Crippen LogP contribution in [0.3, 0.4) is 0 Å². The van der Waals surface area contributed by atoms with E-state index in [0.717, 1.165) is 43.6 Å². The quantitative estimate of drug-likeness (QED) is 0.728. The topological polar surface area (TPSA) is 43.1 Å². The number of ketones is 1. The molecule has 1 aliphatic rings. The normalized spacial score (nSPS) is 30.1. The average molecular weight is 223 g/mol. The van der Waals surface area contributed by atoms with E-state index in [1.54, 1.807) is 0 Å². The van der Waals surface area contributed by atoms with E-state index in [-0.39, 0.29) is 5.41 Å². The van der Waals surface area contributed by atoms with Gasteiger partial charge in [0.05, 0.1) is 0 Å². The molecule has 0 saturated heterocycles. The molecule has 1 rings (SSSR count). The molecule has 1 fully saturated rings. The largest absolute Gasteiger partial charge is 0.329 e. The Kier molecular flexibility index (Phi) is 4.72. The molecule has 1 aliphatic carbocycles. The van der Waals surface area contributed by atoms with Gasteiger partial charge in [0.25, 0.3) is 0 Å². The maximum Gasteiger partial charge on any atom is 0.144 e. The van der Waals surface area contributed by atoms with Gasteiger partial charge in [-0.25, -0.2) is 0 Å². The van der Waals surface area contributed by atoms with Crippen LogP contribution in [0.2, 0.25) is 0 Å². The lowest BCUT2D eigenvalue weighted by atomic mass is 9.67. The second kappa shape index (κ2) is 5.62. The predicted molar refractivity (Wildman–Crippen MR) is 68.2 cm³/mol. The molecular formula is C14H25NO. The summed E-state index contributed by atoms with van der Waals surface area (Å²) in [6.45, 7) is 8.75. The van der Waals surface area contributed by atoms with Gasteiger partial charge >= 0.3 is 0 Å². The van der Waals surface area contributed by atoms with E-state index < -0.39 is 0 Å². The zero-order valence-electron chi connectivity index (χ0n) is 10.7. The Balaban J connectivity index is 2.65. The highest BCUT2D eigenvalue weighted by atomic mass is 16.1. The molecule has 0 atom stereocenters. The van der Waals surface area contributed by atoms with Crippen molar-refractivity contribution >= 4 is 5.78 Å². The van der Waals surface area contributed by atoms with Crippen molar-refractivity contribution in [1.82, 2.24) is 0 Å². The van der Waals surface area contributed by atoms with Crippen LogP contribution in [0.1, 0.15) is 52.4 Å². The second-order valence-electron chi connectivity index (χ2n) is 5.37. The third kappa shape index (κ3) is 2.94. The summed E-state index contributed by atoms with van der Waals surface area (Å²) in [5, 5.41) is 0. The number of hydrogen-bond acceptors (Lipinski definition) is 2. The Morgan fingerprint density at radius 1 is 1.44 bits per heavy atom. The van der Waals surface area contributed by atoms with E-state index in [2.05, 4.69) is 13.5 Å². The van der Waals surface area contributed by atoms with Gasteiger partial charge in [-0.2, -0.15) is 0 Å². The molecule has 0 aromatic heterocycles. The summed E-state index contributed by atoms with van der Waals surface area (Å²) in [5.41, 5.74) is 6.66. The fourth-order valence-electron chi connectivity index (χ4n) is 2.45. The van der Waals surface area contributed by atoms with Crippen LogP contribution in [0.4, 0.5) is 0 Å². The minimum absolute atomic E-state index is 0.232. The number of allylic oxidation sites excluding steroid dienone is 1. The first kappa shape index (κ1) is 13.4. The highest BCUT2D eigenvalue weighted by Gasteiger charge is 2.39. The van der Waals surface area contributed by atoms with Gasteiger partial charge in [-0.15, -0.1) is 0 Å². The van der Waals surface area contributed by atoms with Crippen molar-refractivity contribution in [3.05, 3.63) is 12.2 Å². The number of Topliss-reactive ketones (excluding diaryl/α,β-unsaturated/α-hetero) is 1. The molecule has 0 bridgehead atoms. The van der Waals surface area contributed by atoms with Gasteiger partial charge in [0.2, 0.25) is 0 Å². The Morgan fingerprint density at radius 3 is 2.44 bits per heavy atom. The zero-order chi connectivity index (χ0) is 12.2. The van der Waals surface area contributed by atoms with Gasteiger partial charge in [0.15, 0.2) is 0 Å². The summed E-state index contributed by atoms with van der Waals surface area (Å²) in [6, 6.07) is 0. The summed E-state index contributed by atoms with van der Waals surface area (Å²) >= 11 is 0. The van der Waals surface area contributed by atoms with E-state index in [1.807, 2.05) is 6.92 Å². The monoisotopic (exact) mass is 223 g/mol. The Bertz CT molecular complexity index is 262. The van der Waals surface area contributed by atoms with Crippen LogP contribution in [0.5, 0.6) is 0 Å². The molecule has 2 nitrogen and oxygen atoms in total. The molecule has 2 N–H and O–H groups in total. The maximum absolute atomic E-state index is 12.3. The molecule has 0 radical (unpaired) electrons. The van der Waals surface area contributed by atoms with Gasteiger partial charge in [-0.1, -0.05) is 26.0 Å². The molecule has 0 amide bonds. The molecule has 92 valence electrons. The van der Waals surface area contributed by atoms with Crippen LogP contribution in [0.25, 0.3) is 0 Å². The summed E-state index contributed by atoms with van der Waals surface area (Å²) in [7, 11) is 0. The predicted octanol–water partition coefficient (Wildman–Crippen LogP) is 3.07. The molecule has 0 aromatic rings. The smallest absolute Gasteiger partial charge is 0.144 e. The molecular weight excluding hydrogens is 198 g/mol. The molecule has 0 heterocycles. The SMILES string of the molecule is C=C(CC)CC(=O)C1(CN)CCC(C)CC1. The average Bonchev–Trinajstić information content (AvgIpc) is 2.30. The van der Waals surface area contributed by atoms with Crippen LogP contribution >= 0.6 is 0 Å². The zero-order valence-corrected chi connectivity index (χ0v) is 10.7. The fourth-order valence-corrected chi connectivity index (χ4v) is 2.45. The molecule has 0 aromatic carbocycles. The summed E-state index contributed by atoms with van der Waals surface area (Å²) in [6.07, 6.45) is 5.65. The maximum atomic E-state index is 12.3. The van der Waals surface area contributed by atoms with Gasteiger partial charge in [-0.3, -0.25) is 4.79 Å². The fraction of sp³-hybridized carbons (Fsp3) is 0.786. The van der Waals surface area contributed by atoms with Gasteiger partial charge in [0, 0.05) is 18.4 Å². The van der Waals surface area contributed by atoms with Crippen molar-refractivity contribution in [2.24, 2.45) is 17.1 Å².